The lowest BCUT2D eigenvalue weighted by molar-refractivity contribution is -0.137. The van der Waals surface area contributed by atoms with Gasteiger partial charge in [-0.05, 0) is 32.0 Å². The van der Waals surface area contributed by atoms with Gasteiger partial charge in [-0.1, -0.05) is 12.1 Å². The lowest BCUT2D eigenvalue weighted by Crippen LogP contribution is -2.37. The van der Waals surface area contributed by atoms with Crippen molar-refractivity contribution >= 4 is 39.1 Å². The van der Waals surface area contributed by atoms with E-state index < -0.39 is 17.6 Å². The number of aryl methyl sites for hydroxylation is 2. The van der Waals surface area contributed by atoms with Crippen molar-refractivity contribution < 1.29 is 22.8 Å². The molecule has 29 heavy (non-hydrogen) atoms. The molecule has 10 heteroatoms. The van der Waals surface area contributed by atoms with Crippen LogP contribution in [-0.2, 0) is 18.0 Å². The minimum Gasteiger partial charge on any atom is -0.329 e. The molecule has 2 heterocycles. The molecule has 0 saturated heterocycles. The highest BCUT2D eigenvalue weighted by molar-refractivity contribution is 7.20. The van der Waals surface area contributed by atoms with Gasteiger partial charge in [0.1, 0.15) is 11.4 Å². The van der Waals surface area contributed by atoms with E-state index in [0.717, 1.165) is 22.0 Å². The van der Waals surface area contributed by atoms with Crippen LogP contribution in [-0.4, -0.2) is 39.6 Å². The van der Waals surface area contributed by atoms with Gasteiger partial charge in [0, 0.05) is 19.0 Å². The Bertz CT molecular complexity index is 1040. The second-order valence-electron chi connectivity index (χ2n) is 6.45. The smallest absolute Gasteiger partial charge is 0.329 e. The number of anilines is 1. The number of amides is 2. The number of nitrogens with one attached hydrogen (secondary N) is 1. The van der Waals surface area contributed by atoms with E-state index >= 15 is 0 Å². The number of likely N-dealkylation sites (N-methyl/N-ethyl adjacent to an activating group) is 1. The van der Waals surface area contributed by atoms with Crippen molar-refractivity contribution in [2.45, 2.75) is 20.0 Å². The highest BCUT2D eigenvalue weighted by atomic mass is 32.1. The van der Waals surface area contributed by atoms with Gasteiger partial charge in [-0.15, -0.1) is 11.3 Å². The fraction of sp³-hybridized carbons (Fsp3) is 0.316. The van der Waals surface area contributed by atoms with Crippen molar-refractivity contribution in [3.8, 4) is 0 Å². The van der Waals surface area contributed by atoms with Crippen LogP contribution >= 0.6 is 11.3 Å². The molecule has 1 N–H and O–H groups in total. The summed E-state index contributed by atoms with van der Waals surface area (Å²) in [6, 6.07) is 6.45. The molecule has 0 aliphatic heterocycles. The fourth-order valence-electron chi connectivity index (χ4n) is 3.00. The number of carbonyl (C=O) groups excluding carboxylic acids is 2. The first-order valence-corrected chi connectivity index (χ1v) is 9.62. The maximum atomic E-state index is 13.1. The number of carbonyl (C=O) groups is 2. The highest BCUT2D eigenvalue weighted by Crippen LogP contribution is 2.34. The first-order valence-electron chi connectivity index (χ1n) is 8.80. The average molecular weight is 424 g/mol. The topological polar surface area (TPSA) is 67.2 Å². The second-order valence-corrected chi connectivity index (χ2v) is 7.48. The number of hydrogen-bond donors (Lipinski definition) is 1. The van der Waals surface area contributed by atoms with Crippen LogP contribution in [0.15, 0.2) is 30.3 Å². The SMILES string of the molecule is CCN(CC(=O)Nc1ccccc1C(F)(F)F)C(=O)c1cc2c(C)nn(C)c2s1. The van der Waals surface area contributed by atoms with E-state index in [4.69, 9.17) is 0 Å². The van der Waals surface area contributed by atoms with Crippen molar-refractivity contribution in [3.63, 3.8) is 0 Å². The summed E-state index contributed by atoms with van der Waals surface area (Å²) in [6.45, 7) is 3.42. The Kier molecular flexibility index (Phi) is 5.65. The lowest BCUT2D eigenvalue weighted by Gasteiger charge is -2.20. The molecule has 2 aromatic heterocycles. The van der Waals surface area contributed by atoms with E-state index in [1.807, 2.05) is 6.92 Å². The number of para-hydroxylation sites is 1. The third-order valence-electron chi connectivity index (χ3n) is 4.42. The number of halogens is 3. The van der Waals surface area contributed by atoms with Crippen molar-refractivity contribution in [1.29, 1.82) is 0 Å². The zero-order valence-electron chi connectivity index (χ0n) is 16.0. The first kappa shape index (κ1) is 20.8. The van der Waals surface area contributed by atoms with Crippen molar-refractivity contribution in [2.75, 3.05) is 18.4 Å². The number of fused-ring (bicyclic) bond motifs is 1. The monoisotopic (exact) mass is 424 g/mol. The van der Waals surface area contributed by atoms with Gasteiger partial charge in [0.25, 0.3) is 5.91 Å². The Morgan fingerprint density at radius 1 is 1.28 bits per heavy atom. The number of aromatic nitrogens is 2. The number of alkyl halides is 3. The molecule has 2 amide bonds. The molecule has 0 bridgehead atoms. The Labute approximate surface area is 168 Å². The van der Waals surface area contributed by atoms with Crippen molar-refractivity contribution in [1.82, 2.24) is 14.7 Å². The van der Waals surface area contributed by atoms with Gasteiger partial charge in [-0.3, -0.25) is 14.3 Å². The van der Waals surface area contributed by atoms with E-state index in [0.29, 0.717) is 4.88 Å². The van der Waals surface area contributed by atoms with Crippen LogP contribution < -0.4 is 5.32 Å². The third kappa shape index (κ3) is 4.26. The van der Waals surface area contributed by atoms with Gasteiger partial charge in [-0.25, -0.2) is 0 Å². The maximum Gasteiger partial charge on any atom is 0.418 e. The summed E-state index contributed by atoms with van der Waals surface area (Å²) in [5.41, 5.74) is -0.477. The van der Waals surface area contributed by atoms with Gasteiger partial charge in [-0.2, -0.15) is 18.3 Å². The van der Waals surface area contributed by atoms with E-state index in [9.17, 15) is 22.8 Å². The molecule has 0 fully saturated rings. The Morgan fingerprint density at radius 3 is 2.59 bits per heavy atom. The van der Waals surface area contributed by atoms with Gasteiger partial charge >= 0.3 is 6.18 Å². The van der Waals surface area contributed by atoms with Crippen molar-refractivity contribution in [3.05, 3.63) is 46.5 Å². The summed E-state index contributed by atoms with van der Waals surface area (Å²) in [6.07, 6.45) is -4.59. The number of benzene rings is 1. The Hall–Kier alpha value is -2.88. The molecule has 3 rings (SSSR count). The quantitative estimate of drug-likeness (QED) is 0.672. The minimum atomic E-state index is -4.59. The second kappa shape index (κ2) is 7.86. The number of nitrogens with zero attached hydrogens (tertiary/aromatic N) is 3. The van der Waals surface area contributed by atoms with Crippen LogP contribution in [0.25, 0.3) is 10.2 Å². The van der Waals surface area contributed by atoms with E-state index in [1.54, 1.807) is 24.7 Å². The van der Waals surface area contributed by atoms with Gasteiger partial charge in [0.15, 0.2) is 0 Å². The fourth-order valence-corrected chi connectivity index (χ4v) is 4.09. The first-order chi connectivity index (χ1) is 13.6. The van der Waals surface area contributed by atoms with Crippen LogP contribution in [0.3, 0.4) is 0 Å². The predicted octanol–water partition coefficient (Wildman–Crippen LogP) is 4.06. The van der Waals surface area contributed by atoms with Gasteiger partial charge < -0.3 is 10.2 Å². The molecule has 0 unspecified atom stereocenters. The average Bonchev–Trinajstić information content (AvgIpc) is 3.20. The minimum absolute atomic E-state index is 0.235. The molecule has 1 aromatic carbocycles. The molecule has 0 aliphatic rings. The molecule has 6 nitrogen and oxygen atoms in total. The molecule has 0 radical (unpaired) electrons. The maximum absolute atomic E-state index is 13.1. The largest absolute Gasteiger partial charge is 0.418 e. The number of hydrogen-bond acceptors (Lipinski definition) is 4. The molecule has 0 saturated carbocycles. The highest BCUT2D eigenvalue weighted by Gasteiger charge is 2.33. The number of rotatable bonds is 5. The summed E-state index contributed by atoms with van der Waals surface area (Å²) >= 11 is 1.26. The van der Waals surface area contributed by atoms with Crippen LogP contribution in [0.5, 0.6) is 0 Å². The zero-order valence-corrected chi connectivity index (χ0v) is 16.8. The standard InChI is InChI=1S/C19H19F3N4O2S/c1-4-26(17(28)15-9-12-11(2)24-25(3)18(12)29-15)10-16(27)23-14-8-6-5-7-13(14)19(20,21)22/h5-9H,4,10H2,1-3H3,(H,23,27). The van der Waals surface area contributed by atoms with Gasteiger partial charge in [0.05, 0.1) is 21.8 Å². The third-order valence-corrected chi connectivity index (χ3v) is 5.61. The van der Waals surface area contributed by atoms with Crippen LogP contribution in [0, 0.1) is 6.92 Å². The molecule has 0 aliphatic carbocycles. The van der Waals surface area contributed by atoms with Crippen LogP contribution in [0.1, 0.15) is 27.9 Å². The Morgan fingerprint density at radius 2 is 1.97 bits per heavy atom. The molecule has 0 spiro atoms. The Balaban J connectivity index is 1.76. The summed E-state index contributed by atoms with van der Waals surface area (Å²) < 4.78 is 41.0. The molecular weight excluding hydrogens is 405 g/mol. The van der Waals surface area contributed by atoms with E-state index in [1.165, 1.54) is 34.4 Å². The van der Waals surface area contributed by atoms with Crippen LogP contribution in [0.2, 0.25) is 0 Å². The normalized spacial score (nSPS) is 11.7. The molecule has 0 atom stereocenters. The summed E-state index contributed by atoms with van der Waals surface area (Å²) in [5.74, 6) is -1.05. The van der Waals surface area contributed by atoms with Crippen molar-refractivity contribution in [2.24, 2.45) is 7.05 Å². The number of thiophene rings is 1. The molecular formula is C19H19F3N4O2S. The van der Waals surface area contributed by atoms with Gasteiger partial charge in [0.2, 0.25) is 5.91 Å². The summed E-state index contributed by atoms with van der Waals surface area (Å²) in [5, 5.41) is 7.41. The summed E-state index contributed by atoms with van der Waals surface area (Å²) in [4.78, 5) is 27.7. The predicted molar refractivity (Wildman–Crippen MR) is 105 cm³/mol. The van der Waals surface area contributed by atoms with E-state index in [2.05, 4.69) is 10.4 Å². The molecule has 154 valence electrons. The molecule has 3 aromatic rings. The lowest BCUT2D eigenvalue weighted by atomic mass is 10.1. The van der Waals surface area contributed by atoms with Crippen LogP contribution in [0.4, 0.5) is 18.9 Å². The van der Waals surface area contributed by atoms with E-state index in [-0.39, 0.29) is 24.7 Å². The summed E-state index contributed by atoms with van der Waals surface area (Å²) in [7, 11) is 1.78. The zero-order chi connectivity index (χ0) is 21.3.